The average Bonchev–Trinajstić information content (AvgIpc) is 2.43. The standard InChI is InChI=1S/C16H17F2NO/c1-10-4-3-5-16(11(10)2)20-9-15(19)12-6-7-13(17)14(18)8-12/h3-8,15H,9,19H2,1-2H3. The van der Waals surface area contributed by atoms with Gasteiger partial charge in [-0.2, -0.15) is 0 Å². The Morgan fingerprint density at radius 1 is 1.10 bits per heavy atom. The van der Waals surface area contributed by atoms with Crippen LogP contribution in [0.3, 0.4) is 0 Å². The minimum Gasteiger partial charge on any atom is -0.491 e. The van der Waals surface area contributed by atoms with Gasteiger partial charge in [0.05, 0.1) is 6.04 Å². The molecule has 2 N–H and O–H groups in total. The van der Waals surface area contributed by atoms with E-state index in [0.717, 1.165) is 29.0 Å². The molecule has 4 heteroatoms. The number of aryl methyl sites for hydroxylation is 1. The summed E-state index contributed by atoms with van der Waals surface area (Å²) in [6.07, 6.45) is 0. The van der Waals surface area contributed by atoms with E-state index in [2.05, 4.69) is 0 Å². The molecule has 0 heterocycles. The quantitative estimate of drug-likeness (QED) is 0.925. The summed E-state index contributed by atoms with van der Waals surface area (Å²) in [5, 5.41) is 0. The maximum Gasteiger partial charge on any atom is 0.159 e. The van der Waals surface area contributed by atoms with E-state index in [-0.39, 0.29) is 6.61 Å². The van der Waals surface area contributed by atoms with Crippen LogP contribution in [0.5, 0.6) is 5.75 Å². The zero-order valence-electron chi connectivity index (χ0n) is 11.5. The number of nitrogens with two attached hydrogens (primary N) is 1. The Morgan fingerprint density at radius 2 is 1.85 bits per heavy atom. The topological polar surface area (TPSA) is 35.2 Å². The number of hydrogen-bond acceptors (Lipinski definition) is 2. The Labute approximate surface area is 117 Å². The molecular weight excluding hydrogens is 260 g/mol. The summed E-state index contributed by atoms with van der Waals surface area (Å²) < 4.78 is 31.7. The van der Waals surface area contributed by atoms with Crippen LogP contribution in [0.25, 0.3) is 0 Å². The Morgan fingerprint density at radius 3 is 2.55 bits per heavy atom. The summed E-state index contributed by atoms with van der Waals surface area (Å²) in [5.41, 5.74) is 8.62. The van der Waals surface area contributed by atoms with Crippen molar-refractivity contribution in [2.75, 3.05) is 6.61 Å². The van der Waals surface area contributed by atoms with Crippen molar-refractivity contribution < 1.29 is 13.5 Å². The Hall–Kier alpha value is -1.94. The van der Waals surface area contributed by atoms with Crippen molar-refractivity contribution in [3.8, 4) is 5.75 Å². The molecule has 0 aliphatic carbocycles. The lowest BCUT2D eigenvalue weighted by Gasteiger charge is -2.16. The second-order valence-electron chi connectivity index (χ2n) is 4.79. The molecule has 2 aromatic carbocycles. The van der Waals surface area contributed by atoms with Gasteiger partial charge in [0.25, 0.3) is 0 Å². The van der Waals surface area contributed by atoms with E-state index in [1.54, 1.807) is 0 Å². The minimum atomic E-state index is -0.898. The van der Waals surface area contributed by atoms with Gasteiger partial charge in [0.15, 0.2) is 11.6 Å². The zero-order chi connectivity index (χ0) is 14.7. The lowest BCUT2D eigenvalue weighted by atomic mass is 10.1. The van der Waals surface area contributed by atoms with Crippen LogP contribution in [0.1, 0.15) is 22.7 Å². The van der Waals surface area contributed by atoms with Gasteiger partial charge in [0.1, 0.15) is 12.4 Å². The van der Waals surface area contributed by atoms with Gasteiger partial charge in [-0.05, 0) is 48.7 Å². The largest absolute Gasteiger partial charge is 0.491 e. The molecule has 0 aliphatic rings. The van der Waals surface area contributed by atoms with Gasteiger partial charge in [-0.25, -0.2) is 8.78 Å². The molecule has 2 aromatic rings. The first-order valence-corrected chi connectivity index (χ1v) is 6.38. The van der Waals surface area contributed by atoms with E-state index in [0.29, 0.717) is 5.56 Å². The lowest BCUT2D eigenvalue weighted by molar-refractivity contribution is 0.288. The zero-order valence-corrected chi connectivity index (χ0v) is 11.5. The van der Waals surface area contributed by atoms with Crippen LogP contribution in [-0.2, 0) is 0 Å². The first kappa shape index (κ1) is 14.5. The van der Waals surface area contributed by atoms with Gasteiger partial charge in [-0.3, -0.25) is 0 Å². The number of benzene rings is 2. The van der Waals surface area contributed by atoms with Crippen LogP contribution in [0.15, 0.2) is 36.4 Å². The molecule has 20 heavy (non-hydrogen) atoms. The van der Waals surface area contributed by atoms with Crippen LogP contribution in [0, 0.1) is 25.5 Å². The van der Waals surface area contributed by atoms with Crippen molar-refractivity contribution in [2.24, 2.45) is 5.73 Å². The van der Waals surface area contributed by atoms with Crippen LogP contribution in [-0.4, -0.2) is 6.61 Å². The highest BCUT2D eigenvalue weighted by Gasteiger charge is 2.11. The Bertz CT molecular complexity index is 613. The minimum absolute atomic E-state index is 0.204. The summed E-state index contributed by atoms with van der Waals surface area (Å²) in [6, 6.07) is 8.90. The van der Waals surface area contributed by atoms with E-state index in [4.69, 9.17) is 10.5 Å². The maximum atomic E-state index is 13.1. The molecule has 1 atom stereocenters. The third-order valence-electron chi connectivity index (χ3n) is 3.35. The summed E-state index contributed by atoms with van der Waals surface area (Å²) in [7, 11) is 0. The number of rotatable bonds is 4. The average molecular weight is 277 g/mol. The molecule has 1 unspecified atom stereocenters. The van der Waals surface area contributed by atoms with Gasteiger partial charge in [-0.1, -0.05) is 18.2 Å². The molecule has 2 rings (SSSR count). The SMILES string of the molecule is Cc1cccc(OCC(N)c2ccc(F)c(F)c2)c1C. The summed E-state index contributed by atoms with van der Waals surface area (Å²) >= 11 is 0. The highest BCUT2D eigenvalue weighted by molar-refractivity contribution is 5.38. The normalized spacial score (nSPS) is 12.2. The second-order valence-corrected chi connectivity index (χ2v) is 4.79. The first-order chi connectivity index (χ1) is 9.49. The molecular formula is C16H17F2NO. The molecule has 0 saturated carbocycles. The molecule has 106 valence electrons. The van der Waals surface area contributed by atoms with Crippen molar-refractivity contribution in [1.82, 2.24) is 0 Å². The van der Waals surface area contributed by atoms with E-state index >= 15 is 0 Å². The molecule has 0 radical (unpaired) electrons. The van der Waals surface area contributed by atoms with Crippen molar-refractivity contribution in [3.05, 3.63) is 64.7 Å². The fraction of sp³-hybridized carbons (Fsp3) is 0.250. The molecule has 0 spiro atoms. The van der Waals surface area contributed by atoms with E-state index < -0.39 is 17.7 Å². The number of ether oxygens (including phenoxy) is 1. The highest BCUT2D eigenvalue weighted by atomic mass is 19.2. The molecule has 0 bridgehead atoms. The predicted octanol–water partition coefficient (Wildman–Crippen LogP) is 3.66. The van der Waals surface area contributed by atoms with Crippen LogP contribution in [0.2, 0.25) is 0 Å². The van der Waals surface area contributed by atoms with Crippen molar-refractivity contribution >= 4 is 0 Å². The first-order valence-electron chi connectivity index (χ1n) is 6.38. The fourth-order valence-electron chi connectivity index (χ4n) is 1.90. The fourth-order valence-corrected chi connectivity index (χ4v) is 1.90. The molecule has 2 nitrogen and oxygen atoms in total. The van der Waals surface area contributed by atoms with Crippen LogP contribution >= 0.6 is 0 Å². The molecule has 0 aliphatic heterocycles. The van der Waals surface area contributed by atoms with E-state index in [1.807, 2.05) is 32.0 Å². The van der Waals surface area contributed by atoms with Gasteiger partial charge in [-0.15, -0.1) is 0 Å². The van der Waals surface area contributed by atoms with E-state index in [9.17, 15) is 8.78 Å². The summed E-state index contributed by atoms with van der Waals surface area (Å²) in [5.74, 6) is -1.02. The Balaban J connectivity index is 2.06. The van der Waals surface area contributed by atoms with Crippen molar-refractivity contribution in [2.45, 2.75) is 19.9 Å². The molecule has 0 fully saturated rings. The summed E-state index contributed by atoms with van der Waals surface area (Å²) in [6.45, 7) is 4.17. The second kappa shape index (κ2) is 6.01. The molecule has 0 amide bonds. The monoisotopic (exact) mass is 277 g/mol. The van der Waals surface area contributed by atoms with Gasteiger partial charge < -0.3 is 10.5 Å². The predicted molar refractivity (Wildman–Crippen MR) is 74.7 cm³/mol. The van der Waals surface area contributed by atoms with Gasteiger partial charge >= 0.3 is 0 Å². The number of hydrogen-bond donors (Lipinski definition) is 1. The third kappa shape index (κ3) is 3.14. The van der Waals surface area contributed by atoms with Crippen molar-refractivity contribution in [3.63, 3.8) is 0 Å². The van der Waals surface area contributed by atoms with E-state index in [1.165, 1.54) is 6.07 Å². The lowest BCUT2D eigenvalue weighted by Crippen LogP contribution is -2.19. The highest BCUT2D eigenvalue weighted by Crippen LogP contribution is 2.22. The maximum absolute atomic E-state index is 13.1. The smallest absolute Gasteiger partial charge is 0.159 e. The molecule has 0 saturated heterocycles. The third-order valence-corrected chi connectivity index (χ3v) is 3.35. The summed E-state index contributed by atoms with van der Waals surface area (Å²) in [4.78, 5) is 0. The van der Waals surface area contributed by atoms with Crippen LogP contribution in [0.4, 0.5) is 8.78 Å². The van der Waals surface area contributed by atoms with Gasteiger partial charge in [0.2, 0.25) is 0 Å². The van der Waals surface area contributed by atoms with Gasteiger partial charge in [0, 0.05) is 0 Å². The Kier molecular flexibility index (Phi) is 4.35. The number of halogens is 2. The van der Waals surface area contributed by atoms with Crippen molar-refractivity contribution in [1.29, 1.82) is 0 Å². The van der Waals surface area contributed by atoms with Crippen LogP contribution < -0.4 is 10.5 Å². The molecule has 0 aromatic heterocycles.